The van der Waals surface area contributed by atoms with Crippen LogP contribution in [0.3, 0.4) is 0 Å². The second kappa shape index (κ2) is 5.30. The summed E-state index contributed by atoms with van der Waals surface area (Å²) in [4.78, 5) is 16.0. The van der Waals surface area contributed by atoms with E-state index in [-0.39, 0.29) is 5.91 Å². The Kier molecular flexibility index (Phi) is 3.52. The molecule has 100 valence electrons. The highest BCUT2D eigenvalue weighted by molar-refractivity contribution is 7.99. The van der Waals surface area contributed by atoms with E-state index < -0.39 is 0 Å². The van der Waals surface area contributed by atoms with Crippen molar-refractivity contribution in [2.24, 2.45) is 0 Å². The molecule has 1 fully saturated rings. The van der Waals surface area contributed by atoms with E-state index in [4.69, 9.17) is 0 Å². The van der Waals surface area contributed by atoms with Crippen molar-refractivity contribution in [1.29, 1.82) is 0 Å². The molecule has 0 aromatic carbocycles. The van der Waals surface area contributed by atoms with Gasteiger partial charge in [-0.05, 0) is 19.8 Å². The Labute approximate surface area is 118 Å². The molecular formula is C11H13N5OS2. The molecule has 19 heavy (non-hydrogen) atoms. The Hall–Kier alpha value is -1.41. The molecule has 0 atom stereocenters. The first-order valence-corrected chi connectivity index (χ1v) is 7.83. The molecule has 8 heteroatoms. The topological polar surface area (TPSA) is 72.7 Å². The second-order valence-corrected chi connectivity index (χ2v) is 6.18. The molecule has 0 saturated heterocycles. The van der Waals surface area contributed by atoms with E-state index in [0.29, 0.717) is 16.9 Å². The largest absolute Gasteiger partial charge is 0.306 e. The quantitative estimate of drug-likeness (QED) is 0.855. The summed E-state index contributed by atoms with van der Waals surface area (Å²) in [6.45, 7) is 1.90. The summed E-state index contributed by atoms with van der Waals surface area (Å²) in [5, 5.41) is 14.1. The molecule has 0 aliphatic heterocycles. The molecule has 1 amide bonds. The van der Waals surface area contributed by atoms with E-state index in [2.05, 4.69) is 20.5 Å². The molecule has 0 unspecified atom stereocenters. The van der Waals surface area contributed by atoms with Crippen molar-refractivity contribution < 1.29 is 4.79 Å². The fraction of sp³-hybridized carbons (Fsp3) is 0.455. The van der Waals surface area contributed by atoms with Gasteiger partial charge in [-0.15, -0.1) is 21.5 Å². The number of aromatic nitrogens is 4. The van der Waals surface area contributed by atoms with Gasteiger partial charge >= 0.3 is 0 Å². The summed E-state index contributed by atoms with van der Waals surface area (Å²) in [7, 11) is 0. The standard InChI is InChI=1S/C11H13N5OS2/c1-7-4-18-10(13-7)14-9(17)5-19-11-15-12-6-16(11)8-2-3-8/h4,6,8H,2-3,5H2,1H3,(H,13,14,17). The first-order chi connectivity index (χ1) is 9.22. The number of thiazole rings is 1. The monoisotopic (exact) mass is 295 g/mol. The summed E-state index contributed by atoms with van der Waals surface area (Å²) >= 11 is 2.84. The van der Waals surface area contributed by atoms with Gasteiger partial charge in [0.25, 0.3) is 0 Å². The van der Waals surface area contributed by atoms with Crippen LogP contribution in [0.2, 0.25) is 0 Å². The van der Waals surface area contributed by atoms with Crippen LogP contribution in [0.15, 0.2) is 16.9 Å². The van der Waals surface area contributed by atoms with Crippen LogP contribution < -0.4 is 5.32 Å². The number of hydrogen-bond acceptors (Lipinski definition) is 6. The molecule has 2 aromatic heterocycles. The predicted molar refractivity (Wildman–Crippen MR) is 74.5 cm³/mol. The smallest absolute Gasteiger partial charge is 0.236 e. The molecule has 0 spiro atoms. The highest BCUT2D eigenvalue weighted by atomic mass is 32.2. The van der Waals surface area contributed by atoms with Gasteiger partial charge in [0, 0.05) is 11.4 Å². The van der Waals surface area contributed by atoms with Gasteiger partial charge in [0.2, 0.25) is 5.91 Å². The van der Waals surface area contributed by atoms with E-state index >= 15 is 0 Å². The Balaban J connectivity index is 1.54. The zero-order chi connectivity index (χ0) is 13.2. The third kappa shape index (κ3) is 3.13. The summed E-state index contributed by atoms with van der Waals surface area (Å²) in [5.74, 6) is 0.258. The molecule has 1 aliphatic carbocycles. The van der Waals surface area contributed by atoms with E-state index in [1.807, 2.05) is 16.9 Å². The maximum absolute atomic E-state index is 11.8. The average Bonchev–Trinajstić information content (AvgIpc) is 2.98. The summed E-state index contributed by atoms with van der Waals surface area (Å²) in [5.41, 5.74) is 0.918. The lowest BCUT2D eigenvalue weighted by Crippen LogP contribution is -2.14. The van der Waals surface area contributed by atoms with Crippen LogP contribution in [0.5, 0.6) is 0 Å². The Morgan fingerprint density at radius 2 is 2.47 bits per heavy atom. The van der Waals surface area contributed by atoms with Crippen LogP contribution in [0, 0.1) is 6.92 Å². The van der Waals surface area contributed by atoms with Gasteiger partial charge in [0.1, 0.15) is 6.33 Å². The fourth-order valence-electron chi connectivity index (χ4n) is 1.64. The predicted octanol–water partition coefficient (Wildman–Crippen LogP) is 2.11. The maximum atomic E-state index is 11.8. The lowest BCUT2D eigenvalue weighted by molar-refractivity contribution is -0.113. The highest BCUT2D eigenvalue weighted by Gasteiger charge is 2.26. The first kappa shape index (κ1) is 12.6. The van der Waals surface area contributed by atoms with E-state index in [9.17, 15) is 4.79 Å². The summed E-state index contributed by atoms with van der Waals surface area (Å²) in [6.07, 6.45) is 4.09. The first-order valence-electron chi connectivity index (χ1n) is 5.96. The molecule has 1 saturated carbocycles. The number of hydrogen-bond donors (Lipinski definition) is 1. The van der Waals surface area contributed by atoms with Gasteiger partial charge < -0.3 is 9.88 Å². The average molecular weight is 295 g/mol. The van der Waals surface area contributed by atoms with Gasteiger partial charge in [-0.2, -0.15) is 0 Å². The van der Waals surface area contributed by atoms with Gasteiger partial charge in [0.15, 0.2) is 10.3 Å². The number of aryl methyl sites for hydroxylation is 1. The second-order valence-electron chi connectivity index (χ2n) is 4.38. The molecule has 0 radical (unpaired) electrons. The Morgan fingerprint density at radius 3 is 3.16 bits per heavy atom. The molecule has 6 nitrogen and oxygen atoms in total. The number of rotatable bonds is 5. The van der Waals surface area contributed by atoms with Crippen molar-refractivity contribution in [1.82, 2.24) is 19.7 Å². The van der Waals surface area contributed by atoms with Gasteiger partial charge in [-0.3, -0.25) is 4.79 Å². The molecule has 2 aromatic rings. The number of nitrogens with zero attached hydrogens (tertiary/aromatic N) is 4. The third-order valence-corrected chi connectivity index (χ3v) is 4.51. The summed E-state index contributed by atoms with van der Waals surface area (Å²) in [6, 6.07) is 0.530. The normalized spacial score (nSPS) is 14.6. The fourth-order valence-corrected chi connectivity index (χ4v) is 3.12. The third-order valence-electron chi connectivity index (χ3n) is 2.68. The number of carbonyl (C=O) groups is 1. The lowest BCUT2D eigenvalue weighted by atomic mass is 10.6. The van der Waals surface area contributed by atoms with Gasteiger partial charge in [0.05, 0.1) is 11.4 Å². The molecule has 0 bridgehead atoms. The van der Waals surface area contributed by atoms with Crippen LogP contribution in [0.1, 0.15) is 24.6 Å². The van der Waals surface area contributed by atoms with Crippen LogP contribution in [-0.2, 0) is 4.79 Å². The minimum atomic E-state index is -0.0651. The Bertz CT molecular complexity index is 589. The number of thioether (sulfide) groups is 1. The molecule has 3 rings (SSSR count). The van der Waals surface area contributed by atoms with Crippen LogP contribution >= 0.6 is 23.1 Å². The van der Waals surface area contributed by atoms with Crippen molar-refractivity contribution in [2.45, 2.75) is 31.0 Å². The minimum absolute atomic E-state index is 0.0651. The number of nitrogens with one attached hydrogen (secondary N) is 1. The Morgan fingerprint density at radius 1 is 1.63 bits per heavy atom. The number of amides is 1. The van der Waals surface area contributed by atoms with Crippen molar-refractivity contribution in [3.8, 4) is 0 Å². The van der Waals surface area contributed by atoms with Crippen molar-refractivity contribution in [2.75, 3.05) is 11.1 Å². The molecule has 1 N–H and O–H groups in total. The van der Waals surface area contributed by atoms with E-state index in [0.717, 1.165) is 10.9 Å². The SMILES string of the molecule is Cc1csc(NC(=O)CSc2nncn2C2CC2)n1. The minimum Gasteiger partial charge on any atom is -0.306 e. The van der Waals surface area contributed by atoms with Gasteiger partial charge in [-0.1, -0.05) is 11.8 Å². The van der Waals surface area contributed by atoms with E-state index in [1.165, 1.54) is 35.9 Å². The summed E-state index contributed by atoms with van der Waals surface area (Å²) < 4.78 is 2.05. The highest BCUT2D eigenvalue weighted by Crippen LogP contribution is 2.37. The molecule has 2 heterocycles. The van der Waals surface area contributed by atoms with Crippen molar-refractivity contribution in [3.05, 3.63) is 17.4 Å². The maximum Gasteiger partial charge on any atom is 0.236 e. The van der Waals surface area contributed by atoms with Gasteiger partial charge in [-0.25, -0.2) is 4.98 Å². The van der Waals surface area contributed by atoms with Crippen molar-refractivity contribution in [3.63, 3.8) is 0 Å². The van der Waals surface area contributed by atoms with E-state index in [1.54, 1.807) is 6.33 Å². The lowest BCUT2D eigenvalue weighted by Gasteiger charge is -2.03. The van der Waals surface area contributed by atoms with Crippen LogP contribution in [0.25, 0.3) is 0 Å². The van der Waals surface area contributed by atoms with Crippen LogP contribution in [-0.4, -0.2) is 31.4 Å². The zero-order valence-electron chi connectivity index (χ0n) is 10.4. The molecule has 1 aliphatic rings. The zero-order valence-corrected chi connectivity index (χ0v) is 12.0. The van der Waals surface area contributed by atoms with Crippen LogP contribution in [0.4, 0.5) is 5.13 Å². The van der Waals surface area contributed by atoms with Crippen molar-refractivity contribution >= 4 is 34.1 Å². The molecular weight excluding hydrogens is 282 g/mol. The number of carbonyl (C=O) groups excluding carboxylic acids is 1. The number of anilines is 1.